The van der Waals surface area contributed by atoms with Gasteiger partial charge < -0.3 is 10.4 Å². The lowest BCUT2D eigenvalue weighted by Crippen LogP contribution is -2.19. The summed E-state index contributed by atoms with van der Waals surface area (Å²) < 4.78 is 80.4. The van der Waals surface area contributed by atoms with Crippen LogP contribution in [-0.4, -0.2) is 23.4 Å². The Bertz CT molecular complexity index is 1070. The second-order valence-corrected chi connectivity index (χ2v) is 8.44. The molecule has 1 aliphatic rings. The molecule has 1 atom stereocenters. The zero-order chi connectivity index (χ0) is 25.3. The number of halogens is 6. The SMILES string of the molecule is C[C@H](C(=O)O)c1cc(-c2ccc(C(F)(F)F)cc2CNCCC(=O)C2CC2)cc(C(F)(F)F)c1. The van der Waals surface area contributed by atoms with Crippen LogP contribution in [-0.2, 0) is 28.5 Å². The molecule has 1 saturated carbocycles. The number of carbonyl (C=O) groups is 2. The minimum atomic E-state index is -4.78. The Balaban J connectivity index is 1.99. The third kappa shape index (κ3) is 6.37. The van der Waals surface area contributed by atoms with Crippen LogP contribution in [0.2, 0.25) is 0 Å². The van der Waals surface area contributed by atoms with Gasteiger partial charge in [0.2, 0.25) is 0 Å². The van der Waals surface area contributed by atoms with Crippen LogP contribution < -0.4 is 5.32 Å². The average molecular weight is 487 g/mol. The first-order valence-electron chi connectivity index (χ1n) is 10.7. The molecule has 0 spiro atoms. The minimum Gasteiger partial charge on any atom is -0.481 e. The highest BCUT2D eigenvalue weighted by Crippen LogP contribution is 2.38. The zero-order valence-electron chi connectivity index (χ0n) is 18.2. The lowest BCUT2D eigenvalue weighted by Gasteiger charge is -2.18. The first kappa shape index (κ1) is 25.7. The van der Waals surface area contributed by atoms with Gasteiger partial charge in [0.15, 0.2) is 0 Å². The Morgan fingerprint density at radius 2 is 1.65 bits per heavy atom. The summed E-state index contributed by atoms with van der Waals surface area (Å²) in [5, 5.41) is 12.2. The molecular weight excluding hydrogens is 464 g/mol. The highest BCUT2D eigenvalue weighted by atomic mass is 19.4. The van der Waals surface area contributed by atoms with Crippen LogP contribution in [0.3, 0.4) is 0 Å². The Morgan fingerprint density at radius 1 is 1.00 bits per heavy atom. The summed E-state index contributed by atoms with van der Waals surface area (Å²) in [6.45, 7) is 1.33. The number of aliphatic carboxylic acids is 1. The van der Waals surface area contributed by atoms with E-state index in [0.717, 1.165) is 43.2 Å². The summed E-state index contributed by atoms with van der Waals surface area (Å²) >= 11 is 0. The van der Waals surface area contributed by atoms with Gasteiger partial charge in [0, 0.05) is 25.4 Å². The van der Waals surface area contributed by atoms with Crippen molar-refractivity contribution < 1.29 is 41.0 Å². The number of hydrogen-bond donors (Lipinski definition) is 2. The average Bonchev–Trinajstić information content (AvgIpc) is 3.59. The van der Waals surface area contributed by atoms with Gasteiger partial charge in [-0.2, -0.15) is 26.3 Å². The number of alkyl halides is 6. The molecule has 0 aliphatic heterocycles. The van der Waals surface area contributed by atoms with E-state index in [4.69, 9.17) is 0 Å². The molecule has 10 heteroatoms. The van der Waals surface area contributed by atoms with E-state index in [1.165, 1.54) is 13.0 Å². The maximum atomic E-state index is 13.5. The van der Waals surface area contributed by atoms with E-state index in [0.29, 0.717) is 0 Å². The highest BCUT2D eigenvalue weighted by molar-refractivity contribution is 5.83. The second-order valence-electron chi connectivity index (χ2n) is 8.44. The van der Waals surface area contributed by atoms with E-state index in [1.807, 2.05) is 0 Å². The van der Waals surface area contributed by atoms with Crippen LogP contribution in [0.15, 0.2) is 36.4 Å². The molecule has 1 aliphatic carbocycles. The largest absolute Gasteiger partial charge is 0.481 e. The fourth-order valence-electron chi connectivity index (χ4n) is 3.61. The van der Waals surface area contributed by atoms with Crippen LogP contribution in [0.4, 0.5) is 26.3 Å². The second kappa shape index (κ2) is 9.77. The zero-order valence-corrected chi connectivity index (χ0v) is 18.2. The molecule has 0 bridgehead atoms. The van der Waals surface area contributed by atoms with Crippen molar-refractivity contribution in [1.29, 1.82) is 0 Å². The number of carboxylic acid groups (broad SMARTS) is 1. The van der Waals surface area contributed by atoms with Crippen molar-refractivity contribution in [2.45, 2.75) is 51.0 Å². The van der Waals surface area contributed by atoms with Crippen molar-refractivity contribution >= 4 is 11.8 Å². The smallest absolute Gasteiger partial charge is 0.416 e. The van der Waals surface area contributed by atoms with Crippen molar-refractivity contribution in [3.63, 3.8) is 0 Å². The van der Waals surface area contributed by atoms with Gasteiger partial charge in [0.25, 0.3) is 0 Å². The predicted molar refractivity (Wildman–Crippen MR) is 112 cm³/mol. The van der Waals surface area contributed by atoms with Crippen molar-refractivity contribution in [3.05, 3.63) is 58.7 Å². The van der Waals surface area contributed by atoms with Crippen LogP contribution in [0, 0.1) is 5.92 Å². The number of ketones is 1. The number of rotatable bonds is 9. The summed E-state index contributed by atoms with van der Waals surface area (Å²) in [6, 6.07) is 5.48. The summed E-state index contributed by atoms with van der Waals surface area (Å²) in [5.41, 5.74) is -2.03. The van der Waals surface area contributed by atoms with Crippen molar-refractivity contribution in [2.24, 2.45) is 5.92 Å². The van der Waals surface area contributed by atoms with Crippen LogP contribution in [0.25, 0.3) is 11.1 Å². The number of hydrogen-bond acceptors (Lipinski definition) is 3. The molecular formula is C24H23F6NO3. The van der Waals surface area contributed by atoms with Crippen LogP contribution in [0.1, 0.15) is 54.4 Å². The predicted octanol–water partition coefficient (Wildman–Crippen LogP) is 6.04. The highest BCUT2D eigenvalue weighted by Gasteiger charge is 2.34. The maximum Gasteiger partial charge on any atom is 0.416 e. The number of carbonyl (C=O) groups excluding carboxylic acids is 1. The lowest BCUT2D eigenvalue weighted by molar-refractivity contribution is -0.139. The van der Waals surface area contributed by atoms with E-state index >= 15 is 0 Å². The van der Waals surface area contributed by atoms with Gasteiger partial charge in [-0.05, 0) is 66.3 Å². The van der Waals surface area contributed by atoms with Gasteiger partial charge in [-0.1, -0.05) is 12.1 Å². The van der Waals surface area contributed by atoms with E-state index in [9.17, 15) is 41.0 Å². The molecule has 2 aromatic carbocycles. The minimum absolute atomic E-state index is 0.0440. The van der Waals surface area contributed by atoms with E-state index in [-0.39, 0.29) is 53.5 Å². The normalized spacial score (nSPS) is 15.3. The number of Topliss-reactive ketones (excluding diaryl/α,β-unsaturated/α-hetero) is 1. The molecule has 0 unspecified atom stereocenters. The lowest BCUT2D eigenvalue weighted by atomic mass is 9.90. The van der Waals surface area contributed by atoms with Crippen molar-refractivity contribution in [2.75, 3.05) is 6.54 Å². The molecule has 0 radical (unpaired) electrons. The van der Waals surface area contributed by atoms with E-state index in [1.54, 1.807) is 0 Å². The topological polar surface area (TPSA) is 66.4 Å². The molecule has 34 heavy (non-hydrogen) atoms. The molecule has 0 amide bonds. The van der Waals surface area contributed by atoms with E-state index in [2.05, 4.69) is 5.32 Å². The summed E-state index contributed by atoms with van der Waals surface area (Å²) in [6.07, 6.45) is -7.56. The van der Waals surface area contributed by atoms with Crippen LogP contribution >= 0.6 is 0 Å². The maximum absolute atomic E-state index is 13.5. The van der Waals surface area contributed by atoms with E-state index < -0.39 is 35.4 Å². The van der Waals surface area contributed by atoms with Crippen molar-refractivity contribution in [3.8, 4) is 11.1 Å². The molecule has 0 heterocycles. The summed E-state index contributed by atoms with van der Waals surface area (Å²) in [5.74, 6) is -2.47. The fraction of sp³-hybridized carbons (Fsp3) is 0.417. The molecule has 3 rings (SSSR count). The molecule has 4 nitrogen and oxygen atoms in total. The first-order valence-corrected chi connectivity index (χ1v) is 10.7. The molecule has 0 saturated heterocycles. The molecule has 184 valence electrons. The van der Waals surface area contributed by atoms with Gasteiger partial charge >= 0.3 is 18.3 Å². The third-order valence-corrected chi connectivity index (χ3v) is 5.79. The number of nitrogens with one attached hydrogen (secondary N) is 1. The summed E-state index contributed by atoms with van der Waals surface area (Å²) in [7, 11) is 0. The van der Waals surface area contributed by atoms with Gasteiger partial charge in [-0.25, -0.2) is 0 Å². The summed E-state index contributed by atoms with van der Waals surface area (Å²) in [4.78, 5) is 23.2. The van der Waals surface area contributed by atoms with Crippen LogP contribution in [0.5, 0.6) is 0 Å². The van der Waals surface area contributed by atoms with Gasteiger partial charge in [0.05, 0.1) is 17.0 Å². The fourth-order valence-corrected chi connectivity index (χ4v) is 3.61. The van der Waals surface area contributed by atoms with Gasteiger partial charge in [-0.3, -0.25) is 9.59 Å². The third-order valence-electron chi connectivity index (χ3n) is 5.79. The van der Waals surface area contributed by atoms with Gasteiger partial charge in [-0.15, -0.1) is 0 Å². The Labute approximate surface area is 192 Å². The Morgan fingerprint density at radius 3 is 2.21 bits per heavy atom. The standard InChI is InChI=1S/C24H23F6NO3/c1-13(22(33)34)15-8-16(10-19(9-15)24(28,29)30)20-5-4-18(23(25,26)27)11-17(20)12-31-7-6-21(32)14-2-3-14/h4-5,8-11,13-14,31H,2-3,6-7,12H2,1H3,(H,33,34)/t13-/m0/s1. The molecule has 1 fully saturated rings. The monoisotopic (exact) mass is 487 g/mol. The van der Waals surface area contributed by atoms with Crippen molar-refractivity contribution in [1.82, 2.24) is 5.32 Å². The number of benzene rings is 2. The quantitative estimate of drug-likeness (QED) is 0.335. The Hall–Kier alpha value is -2.88. The molecule has 2 aromatic rings. The molecule has 0 aromatic heterocycles. The number of carboxylic acids is 1. The Kier molecular flexibility index (Phi) is 7.40. The first-order chi connectivity index (χ1) is 15.8. The van der Waals surface area contributed by atoms with Gasteiger partial charge in [0.1, 0.15) is 5.78 Å². The molecule has 2 N–H and O–H groups in total.